The first-order valence-electron chi connectivity index (χ1n) is 6.09. The van der Waals surface area contributed by atoms with Crippen LogP contribution in [0.1, 0.15) is 24.0 Å². The van der Waals surface area contributed by atoms with Gasteiger partial charge in [-0.3, -0.25) is 4.79 Å². The zero-order chi connectivity index (χ0) is 12.3. The Hall–Kier alpha value is -0.940. The molecule has 1 aromatic rings. The van der Waals surface area contributed by atoms with Crippen molar-refractivity contribution in [1.82, 2.24) is 15.6 Å². The van der Waals surface area contributed by atoms with Crippen LogP contribution >= 0.6 is 11.3 Å². The van der Waals surface area contributed by atoms with E-state index in [4.69, 9.17) is 0 Å². The number of nitrogens with zero attached hydrogens (tertiary/aromatic N) is 1. The van der Waals surface area contributed by atoms with Crippen LogP contribution in [0.5, 0.6) is 0 Å². The molecule has 17 heavy (non-hydrogen) atoms. The molecule has 0 spiro atoms. The third-order valence-electron chi connectivity index (χ3n) is 3.12. The van der Waals surface area contributed by atoms with E-state index in [2.05, 4.69) is 22.5 Å². The Kier molecular flexibility index (Phi) is 4.12. The highest BCUT2D eigenvalue weighted by atomic mass is 32.1. The van der Waals surface area contributed by atoms with Crippen LogP contribution in [-0.4, -0.2) is 30.0 Å². The van der Waals surface area contributed by atoms with Gasteiger partial charge >= 0.3 is 0 Å². The van der Waals surface area contributed by atoms with Gasteiger partial charge in [-0.25, -0.2) is 4.98 Å². The number of nitrogens with one attached hydrogen (secondary N) is 2. The second-order valence-corrected chi connectivity index (χ2v) is 5.56. The van der Waals surface area contributed by atoms with Crippen molar-refractivity contribution in [1.29, 1.82) is 0 Å². The highest BCUT2D eigenvalue weighted by Crippen LogP contribution is 2.14. The van der Waals surface area contributed by atoms with Crippen LogP contribution in [0.3, 0.4) is 0 Å². The summed E-state index contributed by atoms with van der Waals surface area (Å²) in [4.78, 5) is 16.2. The minimum Gasteiger partial charge on any atom is -0.354 e. The van der Waals surface area contributed by atoms with E-state index in [1.165, 1.54) is 0 Å². The van der Waals surface area contributed by atoms with Gasteiger partial charge in [0.05, 0.1) is 11.0 Å². The number of aromatic nitrogens is 1. The quantitative estimate of drug-likeness (QED) is 0.845. The molecule has 5 heteroatoms. The van der Waals surface area contributed by atoms with Gasteiger partial charge in [0, 0.05) is 24.0 Å². The molecular formula is C12H19N3OS. The molecule has 2 unspecified atom stereocenters. The fraction of sp³-hybridized carbons (Fsp3) is 0.667. The molecule has 1 aliphatic heterocycles. The molecule has 0 aromatic carbocycles. The van der Waals surface area contributed by atoms with E-state index in [1.807, 2.05) is 12.3 Å². The summed E-state index contributed by atoms with van der Waals surface area (Å²) in [5.74, 6) is 0.570. The Morgan fingerprint density at radius 3 is 3.12 bits per heavy atom. The van der Waals surface area contributed by atoms with Crippen LogP contribution in [-0.2, 0) is 11.2 Å². The third kappa shape index (κ3) is 3.26. The lowest BCUT2D eigenvalue weighted by Gasteiger charge is -2.14. The molecule has 0 radical (unpaired) electrons. The largest absolute Gasteiger partial charge is 0.354 e. The Balaban J connectivity index is 1.73. The topological polar surface area (TPSA) is 54.0 Å². The lowest BCUT2D eigenvalue weighted by Crippen LogP contribution is -2.43. The molecule has 94 valence electrons. The van der Waals surface area contributed by atoms with Gasteiger partial charge in [0.15, 0.2) is 0 Å². The number of hydrogen-bond acceptors (Lipinski definition) is 4. The first-order valence-corrected chi connectivity index (χ1v) is 6.97. The van der Waals surface area contributed by atoms with Gasteiger partial charge in [0.25, 0.3) is 0 Å². The molecule has 0 bridgehead atoms. The summed E-state index contributed by atoms with van der Waals surface area (Å²) < 4.78 is 0. The van der Waals surface area contributed by atoms with E-state index in [0.717, 1.165) is 30.1 Å². The van der Waals surface area contributed by atoms with E-state index in [9.17, 15) is 4.79 Å². The average molecular weight is 253 g/mol. The summed E-state index contributed by atoms with van der Waals surface area (Å²) in [6.45, 7) is 5.73. The normalized spacial score (nSPS) is 23.9. The summed E-state index contributed by atoms with van der Waals surface area (Å²) in [6.07, 6.45) is 1.91. The Bertz CT molecular complexity index is 391. The van der Waals surface area contributed by atoms with Crippen molar-refractivity contribution < 1.29 is 4.79 Å². The molecule has 4 nitrogen and oxygen atoms in total. The lowest BCUT2D eigenvalue weighted by molar-refractivity contribution is -0.123. The number of amides is 1. The van der Waals surface area contributed by atoms with E-state index < -0.39 is 0 Å². The number of carbonyl (C=O) groups is 1. The van der Waals surface area contributed by atoms with Crippen molar-refractivity contribution >= 4 is 17.2 Å². The summed E-state index contributed by atoms with van der Waals surface area (Å²) in [5.41, 5.74) is 1.06. The predicted molar refractivity (Wildman–Crippen MR) is 69.1 cm³/mol. The minimum atomic E-state index is -0.00645. The zero-order valence-corrected chi connectivity index (χ0v) is 11.1. The first kappa shape index (κ1) is 12.5. The van der Waals surface area contributed by atoms with Crippen LogP contribution in [0.2, 0.25) is 0 Å². The zero-order valence-electron chi connectivity index (χ0n) is 10.3. The maximum absolute atomic E-state index is 11.9. The number of rotatable bonds is 4. The van der Waals surface area contributed by atoms with E-state index in [0.29, 0.717) is 12.5 Å². The molecule has 1 amide bonds. The van der Waals surface area contributed by atoms with Crippen LogP contribution in [0.4, 0.5) is 0 Å². The van der Waals surface area contributed by atoms with Crippen molar-refractivity contribution in [2.24, 2.45) is 5.92 Å². The molecule has 2 N–H and O–H groups in total. The van der Waals surface area contributed by atoms with Crippen LogP contribution in [0.15, 0.2) is 5.38 Å². The molecular weight excluding hydrogens is 234 g/mol. The Labute approximate surface area is 106 Å². The van der Waals surface area contributed by atoms with E-state index >= 15 is 0 Å². The minimum absolute atomic E-state index is 0.00645. The van der Waals surface area contributed by atoms with E-state index in [1.54, 1.807) is 11.3 Å². The van der Waals surface area contributed by atoms with Crippen LogP contribution < -0.4 is 10.6 Å². The maximum atomic E-state index is 11.9. The molecule has 0 aliphatic carbocycles. The molecule has 1 aliphatic rings. The van der Waals surface area contributed by atoms with Crippen molar-refractivity contribution in [3.05, 3.63) is 16.1 Å². The molecule has 1 fully saturated rings. The van der Waals surface area contributed by atoms with Gasteiger partial charge in [0.1, 0.15) is 0 Å². The van der Waals surface area contributed by atoms with Crippen LogP contribution in [0.25, 0.3) is 0 Å². The van der Waals surface area contributed by atoms with Gasteiger partial charge in [-0.2, -0.15) is 0 Å². The number of thiazole rings is 1. The van der Waals surface area contributed by atoms with Crippen molar-refractivity contribution in [3.8, 4) is 0 Å². The third-order valence-corrected chi connectivity index (χ3v) is 4.15. The summed E-state index contributed by atoms with van der Waals surface area (Å²) >= 11 is 1.66. The second-order valence-electron chi connectivity index (χ2n) is 4.62. The van der Waals surface area contributed by atoms with Gasteiger partial charge in [-0.05, 0) is 25.8 Å². The summed E-state index contributed by atoms with van der Waals surface area (Å²) in [6, 6.07) is -0.00645. The number of carbonyl (C=O) groups excluding carboxylic acids is 1. The molecule has 2 atom stereocenters. The summed E-state index contributed by atoms with van der Waals surface area (Å²) in [7, 11) is 0. The van der Waals surface area contributed by atoms with Crippen molar-refractivity contribution in [3.63, 3.8) is 0 Å². The maximum Gasteiger partial charge on any atom is 0.237 e. The Morgan fingerprint density at radius 2 is 2.53 bits per heavy atom. The standard InChI is InChI=1S/C12H19N3OS/c1-8-3-5-13-11(8)12(16)14-6-4-10-15-9(2)7-17-10/h7-8,11,13H,3-6H2,1-2H3,(H,14,16). The monoisotopic (exact) mass is 253 g/mol. The molecule has 2 rings (SSSR count). The molecule has 1 saturated heterocycles. The van der Waals surface area contributed by atoms with Crippen LogP contribution in [0, 0.1) is 12.8 Å². The number of aryl methyl sites for hydroxylation is 1. The van der Waals surface area contributed by atoms with Gasteiger partial charge in [-0.1, -0.05) is 6.92 Å². The smallest absolute Gasteiger partial charge is 0.237 e. The van der Waals surface area contributed by atoms with E-state index in [-0.39, 0.29) is 11.9 Å². The molecule has 0 saturated carbocycles. The second kappa shape index (κ2) is 5.60. The number of hydrogen-bond donors (Lipinski definition) is 2. The highest BCUT2D eigenvalue weighted by molar-refractivity contribution is 7.09. The van der Waals surface area contributed by atoms with Gasteiger partial charge in [0.2, 0.25) is 5.91 Å². The van der Waals surface area contributed by atoms with Crippen molar-refractivity contribution in [2.45, 2.75) is 32.7 Å². The van der Waals surface area contributed by atoms with Gasteiger partial charge in [-0.15, -0.1) is 11.3 Å². The average Bonchev–Trinajstić information content (AvgIpc) is 2.87. The fourth-order valence-corrected chi connectivity index (χ4v) is 2.88. The summed E-state index contributed by atoms with van der Waals surface area (Å²) in [5, 5.41) is 9.34. The lowest BCUT2D eigenvalue weighted by atomic mass is 10.0. The molecule has 2 heterocycles. The fourth-order valence-electron chi connectivity index (χ4n) is 2.11. The van der Waals surface area contributed by atoms with Gasteiger partial charge < -0.3 is 10.6 Å². The first-order chi connectivity index (χ1) is 8.16. The predicted octanol–water partition coefficient (Wildman–Crippen LogP) is 1.11. The SMILES string of the molecule is Cc1csc(CCNC(=O)C2NCCC2C)n1. The Morgan fingerprint density at radius 1 is 1.71 bits per heavy atom. The highest BCUT2D eigenvalue weighted by Gasteiger charge is 2.28. The van der Waals surface area contributed by atoms with Crippen molar-refractivity contribution in [2.75, 3.05) is 13.1 Å². The molecule has 1 aromatic heterocycles.